The van der Waals surface area contributed by atoms with Gasteiger partial charge in [-0.3, -0.25) is 4.79 Å². The fourth-order valence-corrected chi connectivity index (χ4v) is 5.46. The number of nitrogens with zero attached hydrogens (tertiary/aromatic N) is 1. The molecule has 2 fully saturated rings. The molecule has 0 amide bonds. The number of aliphatic carboxylic acids is 1. The van der Waals surface area contributed by atoms with E-state index in [-0.39, 0.29) is 11.3 Å². The third kappa shape index (κ3) is 5.69. The number of aliphatic hydroxyl groups excluding tert-OH is 4. The summed E-state index contributed by atoms with van der Waals surface area (Å²) in [6.45, 7) is -0.454. The minimum atomic E-state index is -1.39. The van der Waals surface area contributed by atoms with Crippen LogP contribution in [0.3, 0.4) is 0 Å². The number of carboxylic acids is 1. The molecule has 1 aromatic rings. The fourth-order valence-electron chi connectivity index (χ4n) is 3.91. The van der Waals surface area contributed by atoms with Crippen LogP contribution in [0.1, 0.15) is 31.4 Å². The Bertz CT molecular complexity index is 647. The number of nitrogens with one attached hydrogen (secondary N) is 2. The first-order chi connectivity index (χ1) is 13.9. The number of aromatic amines is 1. The standard InChI is InChI=1S/C18H29N3O7S/c22-7-13-14(23)15(24)16(25)18(28-13)29-11-3-1-2-9(4-11)21-12(17(26)27)5-10-6-19-8-20-10/h6,8-9,11-16,18,21-25H,1-5,7H2,(H,19,20)(H,26,27)/t9?,11?,12-,13?,14-,15?,16?,18-/m0/s1. The predicted octanol–water partition coefficient (Wildman–Crippen LogP) is -1.16. The zero-order chi connectivity index (χ0) is 21.0. The molecule has 164 valence electrons. The average Bonchev–Trinajstić information content (AvgIpc) is 3.21. The van der Waals surface area contributed by atoms with Crippen molar-refractivity contribution in [2.45, 2.75) is 79.3 Å². The number of carboxylic acid groups (broad SMARTS) is 1. The Kier molecular flexibility index (Phi) is 7.91. The van der Waals surface area contributed by atoms with Gasteiger partial charge in [0.1, 0.15) is 35.9 Å². The Balaban J connectivity index is 1.56. The molecule has 1 aromatic heterocycles. The van der Waals surface area contributed by atoms with E-state index in [9.17, 15) is 30.3 Å². The van der Waals surface area contributed by atoms with Crippen molar-refractivity contribution in [3.8, 4) is 0 Å². The maximum atomic E-state index is 11.6. The Morgan fingerprint density at radius 2 is 2.10 bits per heavy atom. The highest BCUT2D eigenvalue weighted by molar-refractivity contribution is 8.00. The summed E-state index contributed by atoms with van der Waals surface area (Å²) in [5, 5.41) is 52.3. The van der Waals surface area contributed by atoms with Gasteiger partial charge in [-0.1, -0.05) is 6.42 Å². The fraction of sp³-hybridized carbons (Fsp3) is 0.778. The van der Waals surface area contributed by atoms with Crippen molar-refractivity contribution in [2.75, 3.05) is 6.61 Å². The summed E-state index contributed by atoms with van der Waals surface area (Å²) >= 11 is 1.36. The molecule has 0 aromatic carbocycles. The summed E-state index contributed by atoms with van der Waals surface area (Å²) in [5.74, 6) is -0.927. The number of thioether (sulfide) groups is 1. The number of imidazole rings is 1. The van der Waals surface area contributed by atoms with Gasteiger partial charge >= 0.3 is 5.97 Å². The van der Waals surface area contributed by atoms with Gasteiger partial charge in [0.25, 0.3) is 0 Å². The molecular formula is C18H29N3O7S. The van der Waals surface area contributed by atoms with Gasteiger partial charge in [0.2, 0.25) is 0 Å². The van der Waals surface area contributed by atoms with Gasteiger partial charge in [0.15, 0.2) is 0 Å². The maximum absolute atomic E-state index is 11.6. The molecule has 2 heterocycles. The first-order valence-corrected chi connectivity index (χ1v) is 10.8. The first-order valence-electron chi connectivity index (χ1n) is 9.81. The molecule has 3 rings (SSSR count). The van der Waals surface area contributed by atoms with Crippen LogP contribution in [0.4, 0.5) is 0 Å². The minimum Gasteiger partial charge on any atom is -0.480 e. The van der Waals surface area contributed by atoms with Crippen LogP contribution in [0.2, 0.25) is 0 Å². The molecule has 10 nitrogen and oxygen atoms in total. The number of hydrogen-bond acceptors (Lipinski definition) is 9. The summed E-state index contributed by atoms with van der Waals surface area (Å²) in [7, 11) is 0. The number of rotatable bonds is 8. The van der Waals surface area contributed by atoms with E-state index < -0.39 is 48.5 Å². The monoisotopic (exact) mass is 431 g/mol. The predicted molar refractivity (Wildman–Crippen MR) is 104 cm³/mol. The van der Waals surface area contributed by atoms with Crippen molar-refractivity contribution in [1.82, 2.24) is 15.3 Å². The lowest BCUT2D eigenvalue weighted by Gasteiger charge is -2.41. The Morgan fingerprint density at radius 3 is 2.76 bits per heavy atom. The van der Waals surface area contributed by atoms with Crippen LogP contribution >= 0.6 is 11.8 Å². The molecule has 29 heavy (non-hydrogen) atoms. The van der Waals surface area contributed by atoms with Crippen molar-refractivity contribution in [3.63, 3.8) is 0 Å². The molecule has 0 bridgehead atoms. The third-order valence-electron chi connectivity index (χ3n) is 5.51. The molecule has 1 aliphatic heterocycles. The maximum Gasteiger partial charge on any atom is 0.321 e. The topological polar surface area (TPSA) is 168 Å². The van der Waals surface area contributed by atoms with Gasteiger partial charge in [-0.05, 0) is 19.3 Å². The molecule has 1 saturated carbocycles. The van der Waals surface area contributed by atoms with E-state index in [0.717, 1.165) is 25.0 Å². The number of carbonyl (C=O) groups is 1. The smallest absolute Gasteiger partial charge is 0.321 e. The first kappa shape index (κ1) is 22.5. The van der Waals surface area contributed by atoms with Crippen LogP contribution in [0, 0.1) is 0 Å². The number of aromatic nitrogens is 2. The van der Waals surface area contributed by atoms with E-state index in [1.807, 2.05) is 0 Å². The van der Waals surface area contributed by atoms with Crippen LogP contribution in [0.25, 0.3) is 0 Å². The molecular weight excluding hydrogens is 402 g/mol. The SMILES string of the molecule is O=C(O)[C@H](Cc1cnc[nH]1)NC1CCCC(S[C@@H]2OC(CO)[C@H](O)C(O)C2O)C1. The number of H-pyrrole nitrogens is 1. The normalized spacial score (nSPS) is 36.6. The Hall–Kier alpha value is -1.21. The number of ether oxygens (including phenoxy) is 1. The molecule has 7 N–H and O–H groups in total. The van der Waals surface area contributed by atoms with Crippen molar-refractivity contribution in [3.05, 3.63) is 18.2 Å². The highest BCUT2D eigenvalue weighted by Crippen LogP contribution is 2.37. The van der Waals surface area contributed by atoms with Crippen LogP contribution in [-0.2, 0) is 16.0 Å². The van der Waals surface area contributed by atoms with E-state index in [1.54, 1.807) is 6.20 Å². The summed E-state index contributed by atoms with van der Waals surface area (Å²) in [6, 6.07) is -0.744. The van der Waals surface area contributed by atoms with E-state index in [0.29, 0.717) is 12.8 Å². The second kappa shape index (κ2) is 10.2. The molecule has 5 unspecified atom stereocenters. The van der Waals surface area contributed by atoms with Crippen molar-refractivity contribution < 1.29 is 35.1 Å². The summed E-state index contributed by atoms with van der Waals surface area (Å²) < 4.78 is 5.59. The quantitative estimate of drug-likeness (QED) is 0.267. The van der Waals surface area contributed by atoms with Crippen molar-refractivity contribution >= 4 is 17.7 Å². The van der Waals surface area contributed by atoms with Gasteiger partial charge in [0, 0.05) is 29.6 Å². The zero-order valence-corrected chi connectivity index (χ0v) is 16.7. The van der Waals surface area contributed by atoms with Gasteiger partial charge in [-0.2, -0.15) is 0 Å². The molecule has 2 aliphatic rings. The van der Waals surface area contributed by atoms with E-state index >= 15 is 0 Å². The van der Waals surface area contributed by atoms with Crippen LogP contribution < -0.4 is 5.32 Å². The average molecular weight is 432 g/mol. The highest BCUT2D eigenvalue weighted by atomic mass is 32.2. The van der Waals surface area contributed by atoms with E-state index in [2.05, 4.69) is 15.3 Å². The third-order valence-corrected chi connectivity index (χ3v) is 6.99. The molecule has 1 aliphatic carbocycles. The molecule has 8 atom stereocenters. The van der Waals surface area contributed by atoms with Gasteiger partial charge in [-0.25, -0.2) is 4.98 Å². The Morgan fingerprint density at radius 1 is 1.31 bits per heavy atom. The summed E-state index contributed by atoms with van der Waals surface area (Å²) in [4.78, 5) is 18.5. The summed E-state index contributed by atoms with van der Waals surface area (Å²) in [6.07, 6.45) is 1.78. The lowest BCUT2D eigenvalue weighted by molar-refractivity contribution is -0.205. The zero-order valence-electron chi connectivity index (χ0n) is 15.9. The second-order valence-corrected chi connectivity index (χ2v) is 9.06. The molecule has 0 spiro atoms. The second-order valence-electron chi connectivity index (χ2n) is 7.66. The minimum absolute atomic E-state index is 0.00448. The van der Waals surface area contributed by atoms with Crippen LogP contribution in [0.5, 0.6) is 0 Å². The molecule has 11 heteroatoms. The lowest BCUT2D eigenvalue weighted by Crippen LogP contribution is -2.58. The van der Waals surface area contributed by atoms with Crippen LogP contribution in [-0.4, -0.2) is 95.3 Å². The van der Waals surface area contributed by atoms with Crippen molar-refractivity contribution in [1.29, 1.82) is 0 Å². The lowest BCUT2D eigenvalue weighted by atomic mass is 9.94. The Labute approximate surface area is 172 Å². The molecule has 1 saturated heterocycles. The van der Waals surface area contributed by atoms with Gasteiger partial charge in [0.05, 0.1) is 12.9 Å². The van der Waals surface area contributed by atoms with Gasteiger partial charge in [-0.15, -0.1) is 11.8 Å². The van der Waals surface area contributed by atoms with E-state index in [4.69, 9.17) is 4.74 Å². The van der Waals surface area contributed by atoms with Crippen molar-refractivity contribution in [2.24, 2.45) is 0 Å². The number of aliphatic hydroxyl groups is 4. The summed E-state index contributed by atoms with van der Waals surface area (Å²) in [5.41, 5.74) is -0.0254. The number of hydrogen-bond donors (Lipinski definition) is 7. The van der Waals surface area contributed by atoms with Crippen LogP contribution in [0.15, 0.2) is 12.5 Å². The molecule has 0 radical (unpaired) electrons. The van der Waals surface area contributed by atoms with E-state index in [1.165, 1.54) is 18.1 Å². The van der Waals surface area contributed by atoms with Gasteiger partial charge < -0.3 is 40.6 Å². The highest BCUT2D eigenvalue weighted by Gasteiger charge is 2.44. The largest absolute Gasteiger partial charge is 0.480 e.